The van der Waals surface area contributed by atoms with Gasteiger partial charge in [0.15, 0.2) is 5.75 Å². The minimum absolute atomic E-state index is 0.0424. The minimum atomic E-state index is -2.64. The number of hydrogen-bond donors (Lipinski definition) is 0. The molecule has 0 saturated carbocycles. The summed E-state index contributed by atoms with van der Waals surface area (Å²) in [6, 6.07) is 32.9. The molecule has 0 amide bonds. The van der Waals surface area contributed by atoms with E-state index in [1.807, 2.05) is 48.0 Å². The molecule has 1 saturated heterocycles. The molecular formula is C34H39NO4Si. The fraction of sp³-hybridized carbons (Fsp3) is 0.324. The van der Waals surface area contributed by atoms with Gasteiger partial charge in [-0.2, -0.15) is 0 Å². The molecule has 1 aromatic heterocycles. The van der Waals surface area contributed by atoms with Crippen LogP contribution in [0.15, 0.2) is 108 Å². The number of benzene rings is 3. The van der Waals surface area contributed by atoms with E-state index < -0.39 is 8.32 Å². The molecule has 2 heterocycles. The van der Waals surface area contributed by atoms with Gasteiger partial charge >= 0.3 is 0 Å². The number of rotatable bonds is 9. The molecule has 3 aromatic carbocycles. The molecule has 208 valence electrons. The van der Waals surface area contributed by atoms with Crippen molar-refractivity contribution in [2.45, 2.75) is 64.5 Å². The summed E-state index contributed by atoms with van der Waals surface area (Å²) in [5.41, 5.74) is 1.69. The summed E-state index contributed by atoms with van der Waals surface area (Å²) in [5, 5.41) is 2.44. The Labute approximate surface area is 238 Å². The fourth-order valence-electron chi connectivity index (χ4n) is 5.84. The lowest BCUT2D eigenvalue weighted by Crippen LogP contribution is -2.67. The molecular weight excluding hydrogens is 514 g/mol. The number of nitrogens with zero attached hydrogens (tertiary/aromatic N) is 1. The van der Waals surface area contributed by atoms with Crippen molar-refractivity contribution < 1.29 is 13.9 Å². The van der Waals surface area contributed by atoms with Crippen molar-refractivity contribution in [2.75, 3.05) is 6.61 Å². The zero-order valence-corrected chi connectivity index (χ0v) is 24.9. The lowest BCUT2D eigenvalue weighted by Gasteiger charge is -2.43. The van der Waals surface area contributed by atoms with Crippen LogP contribution < -0.4 is 20.5 Å². The summed E-state index contributed by atoms with van der Waals surface area (Å²) < 4.78 is 21.7. The third-order valence-electron chi connectivity index (χ3n) is 7.85. The predicted molar refractivity (Wildman–Crippen MR) is 163 cm³/mol. The van der Waals surface area contributed by atoms with Crippen LogP contribution in [0.4, 0.5) is 0 Å². The Balaban J connectivity index is 1.35. The van der Waals surface area contributed by atoms with Gasteiger partial charge in [-0.1, -0.05) is 112 Å². The summed E-state index contributed by atoms with van der Waals surface area (Å²) >= 11 is 0. The predicted octanol–water partition coefficient (Wildman–Crippen LogP) is 5.99. The highest BCUT2D eigenvalue weighted by atomic mass is 28.4. The van der Waals surface area contributed by atoms with Gasteiger partial charge in [-0.15, -0.1) is 0 Å². The number of aromatic nitrogens is 1. The van der Waals surface area contributed by atoms with Crippen LogP contribution in [0.25, 0.3) is 0 Å². The number of pyridine rings is 1. The topological polar surface area (TPSA) is 49.7 Å². The highest BCUT2D eigenvalue weighted by Gasteiger charge is 2.50. The Hall–Kier alpha value is -3.45. The third-order valence-corrected chi connectivity index (χ3v) is 12.9. The molecule has 6 heteroatoms. The quantitative estimate of drug-likeness (QED) is 0.239. The van der Waals surface area contributed by atoms with Gasteiger partial charge < -0.3 is 18.5 Å². The van der Waals surface area contributed by atoms with Gasteiger partial charge in [0.25, 0.3) is 8.32 Å². The SMILES string of the molecule is Cc1c(OCc2ccccc2)c(=O)ccn1[C@H]1CC[C@H](CO[Si](c2ccccc2)(c2ccccc2)C(C)(C)C)O1. The van der Waals surface area contributed by atoms with Crippen molar-refractivity contribution in [2.24, 2.45) is 0 Å². The van der Waals surface area contributed by atoms with Crippen LogP contribution in [0.3, 0.4) is 0 Å². The van der Waals surface area contributed by atoms with Gasteiger partial charge in [0.05, 0.1) is 18.4 Å². The molecule has 0 N–H and O–H groups in total. The van der Waals surface area contributed by atoms with E-state index in [2.05, 4.69) is 81.4 Å². The molecule has 1 aliphatic heterocycles. The second-order valence-electron chi connectivity index (χ2n) is 11.5. The van der Waals surface area contributed by atoms with E-state index in [0.717, 1.165) is 24.1 Å². The van der Waals surface area contributed by atoms with Gasteiger partial charge in [0, 0.05) is 12.3 Å². The second-order valence-corrected chi connectivity index (χ2v) is 15.8. The lowest BCUT2D eigenvalue weighted by molar-refractivity contribution is -0.0207. The summed E-state index contributed by atoms with van der Waals surface area (Å²) in [6.45, 7) is 9.66. The molecule has 40 heavy (non-hydrogen) atoms. The molecule has 0 spiro atoms. The van der Waals surface area contributed by atoms with Crippen molar-refractivity contribution in [3.8, 4) is 5.75 Å². The molecule has 4 aromatic rings. The minimum Gasteiger partial charge on any atom is -0.483 e. The van der Waals surface area contributed by atoms with Gasteiger partial charge in [-0.05, 0) is 40.7 Å². The second kappa shape index (κ2) is 12.0. The normalized spacial score (nSPS) is 17.6. The maximum Gasteiger partial charge on any atom is 0.261 e. The molecule has 1 aliphatic rings. The molecule has 0 radical (unpaired) electrons. The lowest BCUT2D eigenvalue weighted by atomic mass is 10.2. The van der Waals surface area contributed by atoms with E-state index >= 15 is 0 Å². The zero-order chi connectivity index (χ0) is 28.2. The third kappa shape index (κ3) is 5.71. The Bertz CT molecular complexity index is 1410. The standard InChI is InChI=1S/C34H39NO4Si/c1-26-33(37-24-27-14-8-5-9-15-27)31(36)22-23-35(26)32-21-20-28(39-32)25-38-40(34(2,3)4,29-16-10-6-11-17-29)30-18-12-7-13-19-30/h5-19,22-23,28,32H,20-21,24-25H2,1-4H3/t28-,32-/m1/s1. The van der Waals surface area contributed by atoms with E-state index in [1.54, 1.807) is 6.07 Å². The Morgan fingerprint density at radius 2 is 1.43 bits per heavy atom. The maximum atomic E-state index is 12.7. The maximum absolute atomic E-state index is 12.7. The van der Waals surface area contributed by atoms with Gasteiger partial charge in [0.1, 0.15) is 12.8 Å². The number of hydrogen-bond acceptors (Lipinski definition) is 4. The smallest absolute Gasteiger partial charge is 0.261 e. The van der Waals surface area contributed by atoms with Gasteiger partial charge in [-0.3, -0.25) is 4.79 Å². The molecule has 2 atom stereocenters. The highest BCUT2D eigenvalue weighted by molar-refractivity contribution is 6.99. The summed E-state index contributed by atoms with van der Waals surface area (Å²) in [7, 11) is -2.64. The van der Waals surface area contributed by atoms with Crippen LogP contribution in [0.5, 0.6) is 5.75 Å². The van der Waals surface area contributed by atoms with Crippen LogP contribution in [0, 0.1) is 6.92 Å². The molecule has 0 aliphatic carbocycles. The van der Waals surface area contributed by atoms with E-state index in [-0.39, 0.29) is 22.8 Å². The van der Waals surface area contributed by atoms with Crippen LogP contribution in [-0.2, 0) is 15.8 Å². The van der Waals surface area contributed by atoms with Crippen LogP contribution in [-0.4, -0.2) is 25.6 Å². The first-order chi connectivity index (χ1) is 19.3. The highest BCUT2D eigenvalue weighted by Crippen LogP contribution is 2.38. The van der Waals surface area contributed by atoms with Crippen molar-refractivity contribution in [3.63, 3.8) is 0 Å². The first-order valence-electron chi connectivity index (χ1n) is 14.1. The molecule has 5 rings (SSSR count). The molecule has 0 bridgehead atoms. The first-order valence-corrected chi connectivity index (χ1v) is 16.0. The van der Waals surface area contributed by atoms with Gasteiger partial charge in [-0.25, -0.2) is 0 Å². The number of ether oxygens (including phenoxy) is 2. The van der Waals surface area contributed by atoms with E-state index in [9.17, 15) is 4.79 Å². The van der Waals surface area contributed by atoms with E-state index in [0.29, 0.717) is 19.0 Å². The van der Waals surface area contributed by atoms with Crippen molar-refractivity contribution in [1.82, 2.24) is 4.57 Å². The summed E-state index contributed by atoms with van der Waals surface area (Å²) in [4.78, 5) is 12.7. The van der Waals surface area contributed by atoms with Crippen LogP contribution >= 0.6 is 0 Å². The van der Waals surface area contributed by atoms with Crippen LogP contribution in [0.1, 0.15) is 51.1 Å². The van der Waals surface area contributed by atoms with E-state index in [4.69, 9.17) is 13.9 Å². The first kappa shape index (κ1) is 28.1. The summed E-state index contributed by atoms with van der Waals surface area (Å²) in [6.07, 6.45) is 3.33. The summed E-state index contributed by atoms with van der Waals surface area (Å²) in [5.74, 6) is 0.377. The van der Waals surface area contributed by atoms with Crippen molar-refractivity contribution in [3.05, 3.63) is 125 Å². The Kier molecular flexibility index (Phi) is 8.40. The van der Waals surface area contributed by atoms with Gasteiger partial charge in [0.2, 0.25) is 5.43 Å². The molecule has 1 fully saturated rings. The van der Waals surface area contributed by atoms with Crippen LogP contribution in [0.2, 0.25) is 5.04 Å². The average molecular weight is 554 g/mol. The molecule has 5 nitrogen and oxygen atoms in total. The fourth-order valence-corrected chi connectivity index (χ4v) is 10.4. The molecule has 0 unspecified atom stereocenters. The largest absolute Gasteiger partial charge is 0.483 e. The average Bonchev–Trinajstić information content (AvgIpc) is 3.43. The van der Waals surface area contributed by atoms with E-state index in [1.165, 1.54) is 10.4 Å². The Morgan fingerprint density at radius 1 is 0.850 bits per heavy atom. The Morgan fingerprint density at radius 3 is 2.00 bits per heavy atom. The zero-order valence-electron chi connectivity index (χ0n) is 23.9. The van der Waals surface area contributed by atoms with Crippen molar-refractivity contribution in [1.29, 1.82) is 0 Å². The van der Waals surface area contributed by atoms with Crippen molar-refractivity contribution >= 4 is 18.7 Å². The monoisotopic (exact) mass is 553 g/mol.